The number of carboxylic acid groups (broad SMARTS) is 2. The van der Waals surface area contributed by atoms with E-state index in [1.165, 1.54) is 12.1 Å². The molecule has 36 heavy (non-hydrogen) atoms. The number of carbonyl (C=O) groups is 2. The van der Waals surface area contributed by atoms with Gasteiger partial charge in [-0.15, -0.1) is 0 Å². The Labute approximate surface area is 207 Å². The van der Waals surface area contributed by atoms with Crippen molar-refractivity contribution in [1.82, 2.24) is 4.72 Å². The van der Waals surface area contributed by atoms with E-state index < -0.39 is 34.0 Å². The van der Waals surface area contributed by atoms with Crippen LogP contribution in [0.3, 0.4) is 0 Å². The van der Waals surface area contributed by atoms with Gasteiger partial charge in [-0.1, -0.05) is 60.7 Å². The Kier molecular flexibility index (Phi) is 6.68. The van der Waals surface area contributed by atoms with Gasteiger partial charge in [0.05, 0.1) is 4.90 Å². The number of rotatable bonds is 8. The number of fused-ring (bicyclic) bond motifs is 2. The van der Waals surface area contributed by atoms with Crippen LogP contribution in [0.1, 0.15) is 23.2 Å². The highest BCUT2D eigenvalue weighted by Crippen LogP contribution is 2.33. The second-order valence-corrected chi connectivity index (χ2v) is 10.2. The van der Waals surface area contributed by atoms with E-state index in [0.717, 1.165) is 5.69 Å². The number of hydrogen-bond acceptors (Lipinski definition) is 6. The summed E-state index contributed by atoms with van der Waals surface area (Å²) in [5, 5.41) is 21.4. The van der Waals surface area contributed by atoms with Crippen LogP contribution in [0.4, 0.5) is 5.69 Å². The summed E-state index contributed by atoms with van der Waals surface area (Å²) in [6, 6.07) is 16.5. The van der Waals surface area contributed by atoms with E-state index in [4.69, 9.17) is 5.73 Å². The molecule has 0 heterocycles. The molecule has 0 fully saturated rings. The SMILES string of the molecule is CN(C)c1cccc2c(S(=O)(=O)NC(C(=O)O)c3cccc4c(C(N)C(=O)O)cccc34)cccc12. The van der Waals surface area contributed by atoms with Crippen molar-refractivity contribution in [2.45, 2.75) is 17.0 Å². The van der Waals surface area contributed by atoms with Crippen LogP contribution in [0, 0.1) is 0 Å². The van der Waals surface area contributed by atoms with Crippen molar-refractivity contribution in [2.75, 3.05) is 19.0 Å². The first-order valence-corrected chi connectivity index (χ1v) is 12.5. The van der Waals surface area contributed by atoms with Gasteiger partial charge >= 0.3 is 11.9 Å². The molecule has 0 radical (unpaired) electrons. The molecule has 0 amide bonds. The molecule has 9 nitrogen and oxygen atoms in total. The highest BCUT2D eigenvalue weighted by Gasteiger charge is 2.30. The molecule has 0 bridgehead atoms. The van der Waals surface area contributed by atoms with Gasteiger partial charge < -0.3 is 20.8 Å². The molecular formula is C26H25N3O6S. The van der Waals surface area contributed by atoms with E-state index in [-0.39, 0.29) is 10.5 Å². The molecule has 0 aliphatic rings. The van der Waals surface area contributed by atoms with Crippen molar-refractivity contribution in [1.29, 1.82) is 0 Å². The molecule has 4 aromatic carbocycles. The average molecular weight is 508 g/mol. The number of nitrogens with one attached hydrogen (secondary N) is 1. The summed E-state index contributed by atoms with van der Waals surface area (Å²) in [4.78, 5) is 25.6. The minimum atomic E-state index is -4.30. The summed E-state index contributed by atoms with van der Waals surface area (Å²) in [6.45, 7) is 0. The van der Waals surface area contributed by atoms with Gasteiger partial charge in [-0.3, -0.25) is 9.59 Å². The first-order chi connectivity index (χ1) is 17.0. The first kappa shape index (κ1) is 25.1. The number of nitrogens with zero attached hydrogens (tertiary/aromatic N) is 1. The largest absolute Gasteiger partial charge is 0.480 e. The molecule has 0 aliphatic heterocycles. The summed E-state index contributed by atoms with van der Waals surface area (Å²) in [5.41, 5.74) is 7.09. The number of hydrogen-bond donors (Lipinski definition) is 4. The van der Waals surface area contributed by atoms with E-state index >= 15 is 0 Å². The van der Waals surface area contributed by atoms with Crippen LogP contribution in [-0.2, 0) is 19.6 Å². The lowest BCUT2D eigenvalue weighted by atomic mass is 9.93. The first-order valence-electron chi connectivity index (χ1n) is 11.0. The predicted molar refractivity (Wildman–Crippen MR) is 137 cm³/mol. The fourth-order valence-electron chi connectivity index (χ4n) is 4.37. The maximum atomic E-state index is 13.5. The van der Waals surface area contributed by atoms with Gasteiger partial charge in [0.1, 0.15) is 12.1 Å². The van der Waals surface area contributed by atoms with E-state index in [1.54, 1.807) is 54.6 Å². The van der Waals surface area contributed by atoms with Crippen LogP contribution in [-0.4, -0.2) is 44.7 Å². The number of anilines is 1. The molecule has 2 unspecified atom stereocenters. The molecule has 0 spiro atoms. The van der Waals surface area contributed by atoms with Crippen LogP contribution in [0.25, 0.3) is 21.5 Å². The van der Waals surface area contributed by atoms with Crippen molar-refractivity contribution in [3.8, 4) is 0 Å². The van der Waals surface area contributed by atoms with Crippen molar-refractivity contribution in [3.63, 3.8) is 0 Å². The summed E-state index contributed by atoms with van der Waals surface area (Å²) < 4.78 is 29.4. The second-order valence-electron chi connectivity index (χ2n) is 8.52. The average Bonchev–Trinajstić information content (AvgIpc) is 2.85. The fourth-order valence-corrected chi connectivity index (χ4v) is 5.76. The van der Waals surface area contributed by atoms with Gasteiger partial charge in [0.25, 0.3) is 0 Å². The minimum Gasteiger partial charge on any atom is -0.480 e. The Bertz CT molecular complexity index is 1600. The van der Waals surface area contributed by atoms with Crippen molar-refractivity contribution in [3.05, 3.63) is 83.9 Å². The van der Waals surface area contributed by atoms with E-state index in [2.05, 4.69) is 4.72 Å². The second kappa shape index (κ2) is 9.57. The lowest BCUT2D eigenvalue weighted by molar-refractivity contribution is -0.139. The Morgan fingerprint density at radius 2 is 1.31 bits per heavy atom. The van der Waals surface area contributed by atoms with E-state index in [0.29, 0.717) is 27.1 Å². The lowest BCUT2D eigenvalue weighted by Crippen LogP contribution is -2.34. The Balaban J connectivity index is 1.85. The Morgan fingerprint density at radius 3 is 1.92 bits per heavy atom. The topological polar surface area (TPSA) is 150 Å². The Morgan fingerprint density at radius 1 is 0.778 bits per heavy atom. The molecule has 5 N–H and O–H groups in total. The standard InChI is InChI=1S/C26H25N3O6S/c1-29(2)21-13-5-10-18-17(21)9-6-14-22(18)36(34,35)28-24(26(32)33)20-12-4-7-15-16(20)8-3-11-19(15)23(27)25(30)31/h3-14,23-24,28H,27H2,1-2H3,(H,30,31)(H,32,33). The monoisotopic (exact) mass is 507 g/mol. The zero-order valence-corrected chi connectivity index (χ0v) is 20.4. The molecule has 0 saturated carbocycles. The summed E-state index contributed by atoms with van der Waals surface area (Å²) >= 11 is 0. The number of nitrogens with two attached hydrogens (primary N) is 1. The molecule has 0 aliphatic carbocycles. The highest BCUT2D eigenvalue weighted by atomic mass is 32.2. The number of aliphatic carboxylic acids is 2. The molecule has 0 saturated heterocycles. The maximum absolute atomic E-state index is 13.5. The van der Waals surface area contributed by atoms with Gasteiger partial charge in [-0.25, -0.2) is 8.42 Å². The van der Waals surface area contributed by atoms with Crippen molar-refractivity contribution >= 4 is 49.2 Å². The summed E-state index contributed by atoms with van der Waals surface area (Å²) in [6.07, 6.45) is 0. The number of carboxylic acids is 2. The third-order valence-corrected chi connectivity index (χ3v) is 7.53. The Hall–Kier alpha value is -3.99. The van der Waals surface area contributed by atoms with Crippen molar-refractivity contribution < 1.29 is 28.2 Å². The molecule has 2 atom stereocenters. The zero-order chi connectivity index (χ0) is 26.2. The van der Waals surface area contributed by atoms with Crippen molar-refractivity contribution in [2.24, 2.45) is 5.73 Å². The zero-order valence-electron chi connectivity index (χ0n) is 19.5. The smallest absolute Gasteiger partial charge is 0.326 e. The van der Waals surface area contributed by atoms with Crippen LogP contribution in [0.15, 0.2) is 77.7 Å². The van der Waals surface area contributed by atoms with Gasteiger partial charge in [-0.05, 0) is 34.0 Å². The number of benzene rings is 4. The minimum absolute atomic E-state index is 0.0521. The van der Waals surface area contributed by atoms with Gasteiger partial charge in [0.15, 0.2) is 0 Å². The van der Waals surface area contributed by atoms with Gasteiger partial charge in [0.2, 0.25) is 10.0 Å². The molecule has 186 valence electrons. The summed E-state index contributed by atoms with van der Waals surface area (Å²) in [7, 11) is -0.605. The highest BCUT2D eigenvalue weighted by molar-refractivity contribution is 7.89. The molecular weight excluding hydrogens is 482 g/mol. The third-order valence-electron chi connectivity index (χ3n) is 6.05. The van der Waals surface area contributed by atoms with Crippen LogP contribution in [0.5, 0.6) is 0 Å². The normalized spacial score (nSPS) is 13.4. The van der Waals surface area contributed by atoms with Crippen LogP contribution >= 0.6 is 0 Å². The summed E-state index contributed by atoms with van der Waals surface area (Å²) in [5.74, 6) is -2.65. The van der Waals surface area contributed by atoms with Crippen LogP contribution < -0.4 is 15.4 Å². The van der Waals surface area contributed by atoms with Gasteiger partial charge in [-0.2, -0.15) is 4.72 Å². The third kappa shape index (κ3) is 4.49. The number of sulfonamides is 1. The van der Waals surface area contributed by atoms with Crippen LogP contribution in [0.2, 0.25) is 0 Å². The van der Waals surface area contributed by atoms with E-state index in [1.807, 2.05) is 25.1 Å². The molecule has 4 rings (SSSR count). The van der Waals surface area contributed by atoms with E-state index in [9.17, 15) is 28.2 Å². The lowest BCUT2D eigenvalue weighted by Gasteiger charge is -2.20. The fraction of sp³-hybridized carbons (Fsp3) is 0.154. The quantitative estimate of drug-likeness (QED) is 0.284. The predicted octanol–water partition coefficient (Wildman–Crippen LogP) is 3.25. The molecule has 0 aromatic heterocycles. The maximum Gasteiger partial charge on any atom is 0.326 e. The van der Waals surface area contributed by atoms with Gasteiger partial charge in [0, 0.05) is 30.6 Å². The molecule has 4 aromatic rings. The molecule has 10 heteroatoms.